The number of aromatic hydroxyl groups is 1. The summed E-state index contributed by atoms with van der Waals surface area (Å²) in [6.07, 6.45) is 0. The minimum absolute atomic E-state index is 0.0577. The first-order chi connectivity index (χ1) is 5.04. The lowest BCUT2D eigenvalue weighted by atomic mass is 10.5. The molecular formula is C5HCl2I2NO. The fourth-order valence-corrected chi connectivity index (χ4v) is 2.62. The van der Waals surface area contributed by atoms with Crippen molar-refractivity contribution in [3.63, 3.8) is 0 Å². The van der Waals surface area contributed by atoms with Crippen molar-refractivity contribution < 1.29 is 5.11 Å². The van der Waals surface area contributed by atoms with Crippen LogP contribution in [0.15, 0.2) is 0 Å². The molecule has 0 fully saturated rings. The summed E-state index contributed by atoms with van der Waals surface area (Å²) in [7, 11) is 0. The fourth-order valence-electron chi connectivity index (χ4n) is 0.473. The van der Waals surface area contributed by atoms with Crippen molar-refractivity contribution in [3.8, 4) is 5.75 Å². The predicted octanol–water partition coefficient (Wildman–Crippen LogP) is 3.30. The third-order valence-electron chi connectivity index (χ3n) is 0.973. The molecule has 0 radical (unpaired) electrons. The van der Waals surface area contributed by atoms with Crippen LogP contribution in [0, 0.1) is 7.27 Å². The van der Waals surface area contributed by atoms with E-state index in [1.807, 2.05) is 45.2 Å². The monoisotopic (exact) mass is 415 g/mol. The van der Waals surface area contributed by atoms with Crippen molar-refractivity contribution in [2.45, 2.75) is 0 Å². The van der Waals surface area contributed by atoms with Crippen molar-refractivity contribution in [2.24, 2.45) is 0 Å². The van der Waals surface area contributed by atoms with Gasteiger partial charge in [0.1, 0.15) is 3.70 Å². The van der Waals surface area contributed by atoms with Gasteiger partial charge in [-0.3, -0.25) is 0 Å². The molecule has 0 bridgehead atoms. The number of nitrogens with zero attached hydrogens (tertiary/aromatic N) is 1. The Bertz CT molecular complexity index is 279. The Kier molecular flexibility index (Phi) is 3.48. The largest absolute Gasteiger partial charge is 0.504 e. The molecule has 0 unspecified atom stereocenters. The van der Waals surface area contributed by atoms with Crippen LogP contribution in [0.25, 0.3) is 0 Å². The number of aromatic nitrogens is 1. The summed E-state index contributed by atoms with van der Waals surface area (Å²) in [5.41, 5.74) is 0. The topological polar surface area (TPSA) is 33.1 Å². The summed E-state index contributed by atoms with van der Waals surface area (Å²) in [5.74, 6) is -0.0577. The van der Waals surface area contributed by atoms with E-state index in [4.69, 9.17) is 23.2 Å². The maximum absolute atomic E-state index is 9.22. The molecule has 0 saturated carbocycles. The zero-order chi connectivity index (χ0) is 8.59. The highest BCUT2D eigenvalue weighted by Gasteiger charge is 2.12. The second-order valence-corrected chi connectivity index (χ2v) is 4.51. The van der Waals surface area contributed by atoms with Gasteiger partial charge in [0.2, 0.25) is 0 Å². The Hall–Kier alpha value is 0.990. The quantitative estimate of drug-likeness (QED) is 0.521. The standard InChI is InChI=1S/C5HCl2I2NO/c6-1-2(8)3(11)4(7)10-5(1)9/h11H. The van der Waals surface area contributed by atoms with Crippen LogP contribution in [0.4, 0.5) is 0 Å². The van der Waals surface area contributed by atoms with Crippen LogP contribution in [-0.2, 0) is 0 Å². The van der Waals surface area contributed by atoms with Gasteiger partial charge in [-0.25, -0.2) is 4.98 Å². The minimum Gasteiger partial charge on any atom is -0.504 e. The molecule has 0 aromatic carbocycles. The number of hydrogen-bond donors (Lipinski definition) is 1. The highest BCUT2D eigenvalue weighted by Crippen LogP contribution is 2.34. The molecule has 1 aromatic rings. The van der Waals surface area contributed by atoms with E-state index in [1.165, 1.54) is 0 Å². The van der Waals surface area contributed by atoms with Gasteiger partial charge in [0.05, 0.1) is 8.59 Å². The molecule has 11 heavy (non-hydrogen) atoms. The molecule has 60 valence electrons. The van der Waals surface area contributed by atoms with Crippen molar-refractivity contribution in [2.75, 3.05) is 0 Å². The van der Waals surface area contributed by atoms with Crippen LogP contribution in [-0.4, -0.2) is 10.1 Å². The van der Waals surface area contributed by atoms with Gasteiger partial charge in [-0.05, 0) is 45.2 Å². The van der Waals surface area contributed by atoms with Gasteiger partial charge >= 0.3 is 0 Å². The van der Waals surface area contributed by atoms with Gasteiger partial charge in [0, 0.05) is 0 Å². The molecule has 2 nitrogen and oxygen atoms in total. The molecule has 0 atom stereocenters. The van der Waals surface area contributed by atoms with Gasteiger partial charge in [0.25, 0.3) is 0 Å². The summed E-state index contributed by atoms with van der Waals surface area (Å²) >= 11 is 15.2. The van der Waals surface area contributed by atoms with Crippen LogP contribution < -0.4 is 0 Å². The first-order valence-electron chi connectivity index (χ1n) is 2.43. The molecule has 1 aromatic heterocycles. The van der Waals surface area contributed by atoms with Crippen LogP contribution in [0.3, 0.4) is 0 Å². The maximum atomic E-state index is 9.22. The Balaban J connectivity index is 3.46. The Morgan fingerprint density at radius 3 is 2.36 bits per heavy atom. The molecule has 0 spiro atoms. The number of hydrogen-bond acceptors (Lipinski definition) is 2. The van der Waals surface area contributed by atoms with Gasteiger partial charge in [0.15, 0.2) is 10.9 Å². The van der Waals surface area contributed by atoms with Crippen molar-refractivity contribution >= 4 is 68.4 Å². The van der Waals surface area contributed by atoms with Gasteiger partial charge in [-0.2, -0.15) is 0 Å². The van der Waals surface area contributed by atoms with E-state index in [-0.39, 0.29) is 10.9 Å². The molecule has 0 aliphatic carbocycles. The summed E-state index contributed by atoms with van der Waals surface area (Å²) < 4.78 is 1.13. The molecule has 1 rings (SSSR count). The van der Waals surface area contributed by atoms with Gasteiger partial charge in [-0.1, -0.05) is 23.2 Å². The second kappa shape index (κ2) is 3.80. The summed E-state index contributed by atoms with van der Waals surface area (Å²) in [5, 5.41) is 9.75. The zero-order valence-electron chi connectivity index (χ0n) is 4.91. The van der Waals surface area contributed by atoms with E-state index in [2.05, 4.69) is 4.98 Å². The van der Waals surface area contributed by atoms with Crippen molar-refractivity contribution in [1.82, 2.24) is 4.98 Å². The third-order valence-corrected chi connectivity index (χ3v) is 4.07. The SMILES string of the molecule is Oc1c(Cl)nc(I)c(Cl)c1I. The Labute approximate surface area is 101 Å². The normalized spacial score (nSPS) is 10.2. The smallest absolute Gasteiger partial charge is 0.173 e. The zero-order valence-corrected chi connectivity index (χ0v) is 10.7. The lowest BCUT2D eigenvalue weighted by Crippen LogP contribution is -1.88. The van der Waals surface area contributed by atoms with Crippen LogP contribution in [0.5, 0.6) is 5.75 Å². The molecule has 0 aliphatic heterocycles. The molecule has 0 saturated heterocycles. The van der Waals surface area contributed by atoms with E-state index in [1.54, 1.807) is 0 Å². The molecule has 0 aliphatic rings. The van der Waals surface area contributed by atoms with E-state index in [9.17, 15) is 5.11 Å². The minimum atomic E-state index is -0.0577. The second-order valence-electron chi connectivity index (χ2n) is 1.67. The van der Waals surface area contributed by atoms with E-state index in [0.29, 0.717) is 12.3 Å². The van der Waals surface area contributed by atoms with E-state index < -0.39 is 0 Å². The predicted molar refractivity (Wildman–Crippen MR) is 61.4 cm³/mol. The first kappa shape index (κ1) is 10.1. The van der Waals surface area contributed by atoms with E-state index >= 15 is 0 Å². The van der Waals surface area contributed by atoms with Crippen LogP contribution >= 0.6 is 68.4 Å². The Morgan fingerprint density at radius 1 is 1.27 bits per heavy atom. The molecule has 0 amide bonds. The van der Waals surface area contributed by atoms with Gasteiger partial charge in [-0.15, -0.1) is 0 Å². The molecule has 1 heterocycles. The lowest BCUT2D eigenvalue weighted by Gasteiger charge is -2.02. The highest BCUT2D eigenvalue weighted by atomic mass is 127. The number of rotatable bonds is 0. The average molecular weight is 416 g/mol. The summed E-state index contributed by atoms with van der Waals surface area (Å²) in [6.45, 7) is 0. The van der Waals surface area contributed by atoms with Gasteiger partial charge < -0.3 is 5.11 Å². The third kappa shape index (κ3) is 2.02. The summed E-state index contributed by atoms with van der Waals surface area (Å²) in [6, 6.07) is 0. The fraction of sp³-hybridized carbons (Fsp3) is 0. The highest BCUT2D eigenvalue weighted by molar-refractivity contribution is 14.1. The molecule has 6 heteroatoms. The van der Waals surface area contributed by atoms with Crippen molar-refractivity contribution in [3.05, 3.63) is 17.4 Å². The van der Waals surface area contributed by atoms with Crippen LogP contribution in [0.2, 0.25) is 10.2 Å². The number of pyridine rings is 1. The maximum Gasteiger partial charge on any atom is 0.173 e. The Morgan fingerprint density at radius 2 is 1.82 bits per heavy atom. The first-order valence-corrected chi connectivity index (χ1v) is 5.34. The van der Waals surface area contributed by atoms with Crippen LogP contribution in [0.1, 0.15) is 0 Å². The molecule has 1 N–H and O–H groups in total. The lowest BCUT2D eigenvalue weighted by molar-refractivity contribution is 0.469. The average Bonchev–Trinajstić information content (AvgIpc) is 1.97. The number of halogens is 4. The van der Waals surface area contributed by atoms with Crippen molar-refractivity contribution in [1.29, 1.82) is 0 Å². The summed E-state index contributed by atoms with van der Waals surface area (Å²) in [4.78, 5) is 3.80. The van der Waals surface area contributed by atoms with E-state index in [0.717, 1.165) is 0 Å². The molecular weight excluding hydrogens is 415 g/mol.